The van der Waals surface area contributed by atoms with Gasteiger partial charge in [0, 0.05) is 12.5 Å². The van der Waals surface area contributed by atoms with Crippen LogP contribution in [-0.4, -0.2) is 23.0 Å². The van der Waals surface area contributed by atoms with E-state index in [1.54, 1.807) is 13.2 Å². The van der Waals surface area contributed by atoms with Crippen LogP contribution in [0.15, 0.2) is 6.20 Å². The third-order valence-electron chi connectivity index (χ3n) is 1.76. The maximum Gasteiger partial charge on any atom is 0.320 e. The van der Waals surface area contributed by atoms with Gasteiger partial charge in [-0.05, 0) is 0 Å². The van der Waals surface area contributed by atoms with Crippen molar-refractivity contribution in [1.29, 1.82) is 0 Å². The fourth-order valence-electron chi connectivity index (χ4n) is 0.951. The van der Waals surface area contributed by atoms with Gasteiger partial charge in [0.2, 0.25) is 0 Å². The molecule has 0 aliphatic carbocycles. The van der Waals surface area contributed by atoms with Gasteiger partial charge < -0.3 is 10.3 Å². The second kappa shape index (κ2) is 3.69. The van der Waals surface area contributed by atoms with Crippen molar-refractivity contribution in [2.45, 2.75) is 26.2 Å². The molecule has 1 aromatic heterocycles. The van der Waals surface area contributed by atoms with Gasteiger partial charge in [-0.3, -0.25) is 5.32 Å². The second-order valence-electron chi connectivity index (χ2n) is 4.10. The van der Waals surface area contributed by atoms with E-state index in [9.17, 15) is 4.79 Å². The Morgan fingerprint density at radius 1 is 1.50 bits per heavy atom. The van der Waals surface area contributed by atoms with E-state index in [1.165, 1.54) is 0 Å². The Balaban J connectivity index is 2.74. The average Bonchev–Trinajstić information content (AvgIpc) is 2.51. The molecular formula is C9H16N4O. The SMILES string of the molecule is CNC(=O)Nc1cnc(C(C)(C)C)[nH]1. The lowest BCUT2D eigenvalue weighted by Crippen LogP contribution is -2.24. The Morgan fingerprint density at radius 2 is 2.14 bits per heavy atom. The Hall–Kier alpha value is -1.52. The summed E-state index contributed by atoms with van der Waals surface area (Å²) < 4.78 is 0. The van der Waals surface area contributed by atoms with Crippen LogP contribution in [0.5, 0.6) is 0 Å². The molecule has 0 saturated heterocycles. The standard InChI is InChI=1S/C9H16N4O/c1-9(2,3)7-11-5-6(12-7)13-8(14)10-4/h5H,1-4H3,(H,11,12)(H2,10,13,14). The number of nitrogens with one attached hydrogen (secondary N) is 3. The van der Waals surface area contributed by atoms with Gasteiger partial charge in [-0.2, -0.15) is 0 Å². The summed E-state index contributed by atoms with van der Waals surface area (Å²) in [6.07, 6.45) is 1.61. The van der Waals surface area contributed by atoms with Crippen LogP contribution in [0, 0.1) is 0 Å². The summed E-state index contributed by atoms with van der Waals surface area (Å²) >= 11 is 0. The summed E-state index contributed by atoms with van der Waals surface area (Å²) in [5.74, 6) is 1.46. The van der Waals surface area contributed by atoms with Gasteiger partial charge in [0.15, 0.2) is 0 Å². The van der Waals surface area contributed by atoms with E-state index in [1.807, 2.05) is 0 Å². The molecule has 1 heterocycles. The highest BCUT2D eigenvalue weighted by Gasteiger charge is 2.17. The van der Waals surface area contributed by atoms with Gasteiger partial charge in [-0.15, -0.1) is 0 Å². The number of carbonyl (C=O) groups excluding carboxylic acids is 1. The molecule has 0 aliphatic rings. The van der Waals surface area contributed by atoms with Gasteiger partial charge in [0.1, 0.15) is 11.6 Å². The van der Waals surface area contributed by atoms with Crippen molar-refractivity contribution < 1.29 is 4.79 Å². The van der Waals surface area contributed by atoms with Crippen molar-refractivity contribution in [1.82, 2.24) is 15.3 Å². The maximum absolute atomic E-state index is 11.0. The molecule has 0 atom stereocenters. The summed E-state index contributed by atoms with van der Waals surface area (Å²) in [5, 5.41) is 5.08. The lowest BCUT2D eigenvalue weighted by atomic mass is 9.96. The monoisotopic (exact) mass is 196 g/mol. The van der Waals surface area contributed by atoms with Gasteiger partial charge in [-0.25, -0.2) is 9.78 Å². The predicted octanol–water partition coefficient (Wildman–Crippen LogP) is 1.46. The third kappa shape index (κ3) is 2.48. The molecular weight excluding hydrogens is 180 g/mol. The lowest BCUT2D eigenvalue weighted by Gasteiger charge is -2.14. The molecule has 78 valence electrons. The predicted molar refractivity (Wildman–Crippen MR) is 55.4 cm³/mol. The minimum Gasteiger partial charge on any atom is -0.341 e. The van der Waals surface area contributed by atoms with Crippen LogP contribution in [0.4, 0.5) is 10.6 Å². The summed E-state index contributed by atoms with van der Waals surface area (Å²) in [5.41, 5.74) is -0.0391. The Morgan fingerprint density at radius 3 is 2.57 bits per heavy atom. The van der Waals surface area contributed by atoms with Gasteiger partial charge in [0.25, 0.3) is 0 Å². The number of hydrogen-bond acceptors (Lipinski definition) is 2. The van der Waals surface area contributed by atoms with Crippen LogP contribution in [0.25, 0.3) is 0 Å². The molecule has 0 fully saturated rings. The highest BCUT2D eigenvalue weighted by Crippen LogP contribution is 2.19. The van der Waals surface area contributed by atoms with Crippen molar-refractivity contribution >= 4 is 11.8 Å². The first-order chi connectivity index (χ1) is 6.43. The number of aromatic nitrogens is 2. The number of hydrogen-bond donors (Lipinski definition) is 3. The van der Waals surface area contributed by atoms with Gasteiger partial charge in [-0.1, -0.05) is 20.8 Å². The smallest absolute Gasteiger partial charge is 0.320 e. The van der Waals surface area contributed by atoms with Crippen molar-refractivity contribution in [3.05, 3.63) is 12.0 Å². The number of rotatable bonds is 1. The molecule has 0 spiro atoms. The number of imidazole rings is 1. The van der Waals surface area contributed by atoms with Crippen molar-refractivity contribution in [2.75, 3.05) is 12.4 Å². The summed E-state index contributed by atoms with van der Waals surface area (Å²) in [7, 11) is 1.57. The fraction of sp³-hybridized carbons (Fsp3) is 0.556. The van der Waals surface area contributed by atoms with E-state index in [0.29, 0.717) is 5.82 Å². The van der Waals surface area contributed by atoms with Crippen molar-refractivity contribution in [3.8, 4) is 0 Å². The highest BCUT2D eigenvalue weighted by molar-refractivity contribution is 5.87. The minimum absolute atomic E-state index is 0.0391. The number of carbonyl (C=O) groups is 1. The molecule has 0 bridgehead atoms. The zero-order valence-electron chi connectivity index (χ0n) is 8.93. The number of aromatic amines is 1. The molecule has 14 heavy (non-hydrogen) atoms. The minimum atomic E-state index is -0.255. The first-order valence-corrected chi connectivity index (χ1v) is 4.47. The zero-order chi connectivity index (χ0) is 10.8. The van der Waals surface area contributed by atoms with E-state index >= 15 is 0 Å². The van der Waals surface area contributed by atoms with Crippen molar-refractivity contribution in [2.24, 2.45) is 0 Å². The molecule has 0 radical (unpaired) electrons. The molecule has 5 heteroatoms. The molecule has 3 N–H and O–H groups in total. The molecule has 1 rings (SSSR count). The summed E-state index contributed by atoms with van der Waals surface area (Å²) in [6, 6.07) is -0.255. The highest BCUT2D eigenvalue weighted by atomic mass is 16.2. The van der Waals surface area contributed by atoms with Crippen LogP contribution in [0.3, 0.4) is 0 Å². The van der Waals surface area contributed by atoms with E-state index in [-0.39, 0.29) is 11.4 Å². The lowest BCUT2D eigenvalue weighted by molar-refractivity contribution is 0.254. The molecule has 0 saturated carbocycles. The Kier molecular flexibility index (Phi) is 2.78. The molecule has 0 unspecified atom stereocenters. The number of urea groups is 1. The summed E-state index contributed by atoms with van der Waals surface area (Å²) in [6.45, 7) is 6.15. The van der Waals surface area contributed by atoms with E-state index in [2.05, 4.69) is 41.4 Å². The van der Waals surface area contributed by atoms with E-state index in [4.69, 9.17) is 0 Å². The van der Waals surface area contributed by atoms with Crippen LogP contribution in [-0.2, 0) is 5.41 Å². The largest absolute Gasteiger partial charge is 0.341 e. The quantitative estimate of drug-likeness (QED) is 0.636. The molecule has 1 aromatic rings. The first kappa shape index (κ1) is 10.6. The van der Waals surface area contributed by atoms with Crippen LogP contribution >= 0.6 is 0 Å². The fourth-order valence-corrected chi connectivity index (χ4v) is 0.951. The molecule has 0 aliphatic heterocycles. The number of nitrogens with zero attached hydrogens (tertiary/aromatic N) is 1. The van der Waals surface area contributed by atoms with Gasteiger partial charge in [0.05, 0.1) is 6.20 Å². The van der Waals surface area contributed by atoms with Crippen LogP contribution in [0.1, 0.15) is 26.6 Å². The zero-order valence-corrected chi connectivity index (χ0v) is 8.93. The third-order valence-corrected chi connectivity index (χ3v) is 1.76. The average molecular weight is 196 g/mol. The second-order valence-corrected chi connectivity index (χ2v) is 4.10. The molecule has 2 amide bonds. The maximum atomic E-state index is 11.0. The van der Waals surface area contributed by atoms with Gasteiger partial charge >= 0.3 is 6.03 Å². The Labute approximate surface area is 83.3 Å². The van der Waals surface area contributed by atoms with Crippen molar-refractivity contribution in [3.63, 3.8) is 0 Å². The Bertz CT molecular complexity index is 324. The molecule has 0 aromatic carbocycles. The van der Waals surface area contributed by atoms with Crippen LogP contribution < -0.4 is 10.6 Å². The van der Waals surface area contributed by atoms with E-state index < -0.39 is 0 Å². The van der Waals surface area contributed by atoms with Crippen LogP contribution in [0.2, 0.25) is 0 Å². The normalized spacial score (nSPS) is 11.1. The van der Waals surface area contributed by atoms with E-state index in [0.717, 1.165) is 5.82 Å². The number of H-pyrrole nitrogens is 1. The first-order valence-electron chi connectivity index (χ1n) is 4.47. The number of anilines is 1. The topological polar surface area (TPSA) is 69.8 Å². The molecule has 5 nitrogen and oxygen atoms in total. The summed E-state index contributed by atoms with van der Waals surface area (Å²) in [4.78, 5) is 18.2. The number of amides is 2.